The van der Waals surface area contributed by atoms with E-state index in [1.807, 2.05) is 12.1 Å². The Kier molecular flexibility index (Phi) is 2.57. The van der Waals surface area contributed by atoms with Crippen LogP contribution in [0.3, 0.4) is 0 Å². The molecule has 5 nitrogen and oxygen atoms in total. The summed E-state index contributed by atoms with van der Waals surface area (Å²) in [5.41, 5.74) is 1.19. The number of aromatic amines is 1. The Labute approximate surface area is 85.6 Å². The molecular weight excluding hydrogens is 196 g/mol. The van der Waals surface area contributed by atoms with Crippen LogP contribution in [0.5, 0.6) is 0 Å². The largest absolute Gasteiger partial charge is 0.394 e. The van der Waals surface area contributed by atoms with E-state index in [1.165, 1.54) is 4.57 Å². The molecule has 0 saturated carbocycles. The number of hydrogen-bond donors (Lipinski definition) is 3. The summed E-state index contributed by atoms with van der Waals surface area (Å²) in [5, 5.41) is 18.0. The first-order chi connectivity index (χ1) is 7.22. The van der Waals surface area contributed by atoms with Gasteiger partial charge >= 0.3 is 5.69 Å². The quantitative estimate of drug-likeness (QED) is 0.647. The minimum Gasteiger partial charge on any atom is -0.394 e. The molecule has 0 radical (unpaired) electrons. The number of para-hydroxylation sites is 2. The van der Waals surface area contributed by atoms with Crippen LogP contribution < -0.4 is 5.69 Å². The summed E-state index contributed by atoms with van der Waals surface area (Å²) in [5.74, 6) is 0. The number of aromatic nitrogens is 2. The Morgan fingerprint density at radius 1 is 1.40 bits per heavy atom. The molecule has 15 heavy (non-hydrogen) atoms. The van der Waals surface area contributed by atoms with Gasteiger partial charge in [-0.1, -0.05) is 12.1 Å². The van der Waals surface area contributed by atoms with Gasteiger partial charge in [0.05, 0.1) is 30.3 Å². The number of aliphatic hydroxyl groups excluding tert-OH is 2. The van der Waals surface area contributed by atoms with E-state index < -0.39 is 6.10 Å². The topological polar surface area (TPSA) is 78.2 Å². The lowest BCUT2D eigenvalue weighted by Crippen LogP contribution is -2.26. The van der Waals surface area contributed by atoms with Gasteiger partial charge in [-0.3, -0.25) is 4.57 Å². The normalized spacial score (nSPS) is 13.2. The maximum atomic E-state index is 11.5. The predicted octanol–water partition coefficient (Wildman–Crippen LogP) is -0.317. The van der Waals surface area contributed by atoms with E-state index in [4.69, 9.17) is 5.11 Å². The molecule has 0 unspecified atom stereocenters. The monoisotopic (exact) mass is 208 g/mol. The Morgan fingerprint density at radius 2 is 2.13 bits per heavy atom. The first-order valence-electron chi connectivity index (χ1n) is 4.69. The maximum absolute atomic E-state index is 11.5. The molecular formula is C10H12N2O3. The van der Waals surface area contributed by atoms with Crippen molar-refractivity contribution in [2.45, 2.75) is 12.6 Å². The van der Waals surface area contributed by atoms with Crippen LogP contribution in [0.2, 0.25) is 0 Å². The van der Waals surface area contributed by atoms with Crippen molar-refractivity contribution in [3.8, 4) is 0 Å². The van der Waals surface area contributed by atoms with Crippen LogP contribution in [0.25, 0.3) is 11.0 Å². The Balaban J connectivity index is 2.50. The molecule has 0 aliphatic rings. The summed E-state index contributed by atoms with van der Waals surface area (Å²) >= 11 is 0. The summed E-state index contributed by atoms with van der Waals surface area (Å²) < 4.78 is 1.41. The average Bonchev–Trinajstić information content (AvgIpc) is 2.55. The highest BCUT2D eigenvalue weighted by Gasteiger charge is 2.09. The fraction of sp³-hybridized carbons (Fsp3) is 0.300. The van der Waals surface area contributed by atoms with Crippen molar-refractivity contribution in [2.75, 3.05) is 6.61 Å². The van der Waals surface area contributed by atoms with Crippen molar-refractivity contribution in [1.29, 1.82) is 0 Å². The predicted molar refractivity (Wildman–Crippen MR) is 55.7 cm³/mol. The number of rotatable bonds is 3. The molecule has 0 bridgehead atoms. The number of fused-ring (bicyclic) bond motifs is 1. The molecule has 0 amide bonds. The molecule has 3 N–H and O–H groups in total. The first kappa shape index (κ1) is 9.95. The number of benzene rings is 1. The summed E-state index contributed by atoms with van der Waals surface area (Å²) in [7, 11) is 0. The fourth-order valence-corrected chi connectivity index (χ4v) is 1.56. The van der Waals surface area contributed by atoms with Gasteiger partial charge in [-0.15, -0.1) is 0 Å². The Morgan fingerprint density at radius 3 is 2.87 bits per heavy atom. The van der Waals surface area contributed by atoms with Crippen molar-refractivity contribution in [2.24, 2.45) is 0 Å². The minimum atomic E-state index is -0.915. The van der Waals surface area contributed by atoms with Gasteiger partial charge in [0.25, 0.3) is 0 Å². The van der Waals surface area contributed by atoms with E-state index >= 15 is 0 Å². The van der Waals surface area contributed by atoms with Crippen LogP contribution in [0.15, 0.2) is 29.1 Å². The zero-order chi connectivity index (χ0) is 10.8. The van der Waals surface area contributed by atoms with E-state index in [1.54, 1.807) is 12.1 Å². The molecule has 1 aromatic heterocycles. The van der Waals surface area contributed by atoms with Gasteiger partial charge in [0.15, 0.2) is 0 Å². The molecule has 0 fully saturated rings. The molecule has 5 heteroatoms. The first-order valence-corrected chi connectivity index (χ1v) is 4.69. The van der Waals surface area contributed by atoms with Gasteiger partial charge in [-0.25, -0.2) is 4.79 Å². The van der Waals surface area contributed by atoms with Crippen molar-refractivity contribution < 1.29 is 10.2 Å². The van der Waals surface area contributed by atoms with Gasteiger partial charge in [-0.05, 0) is 12.1 Å². The van der Waals surface area contributed by atoms with E-state index in [0.29, 0.717) is 0 Å². The number of H-pyrrole nitrogens is 1. The molecule has 2 aromatic rings. The highest BCUT2D eigenvalue weighted by atomic mass is 16.3. The number of hydrogen-bond acceptors (Lipinski definition) is 3. The second kappa shape index (κ2) is 3.88. The Hall–Kier alpha value is -1.59. The van der Waals surface area contributed by atoms with Crippen molar-refractivity contribution in [3.05, 3.63) is 34.7 Å². The molecule has 2 rings (SSSR count). The lowest BCUT2D eigenvalue weighted by Gasteiger charge is -2.07. The number of imidazole rings is 1. The van der Waals surface area contributed by atoms with Crippen molar-refractivity contribution in [1.82, 2.24) is 9.55 Å². The minimum absolute atomic E-state index is 0.0966. The summed E-state index contributed by atoms with van der Waals surface area (Å²) in [6, 6.07) is 7.22. The number of aliphatic hydroxyl groups is 2. The van der Waals surface area contributed by atoms with Crippen LogP contribution in [0, 0.1) is 0 Å². The average molecular weight is 208 g/mol. The van der Waals surface area contributed by atoms with Crippen LogP contribution >= 0.6 is 0 Å². The maximum Gasteiger partial charge on any atom is 0.326 e. The number of nitrogens with zero attached hydrogens (tertiary/aromatic N) is 1. The van der Waals surface area contributed by atoms with Crippen LogP contribution in [-0.2, 0) is 6.54 Å². The third kappa shape index (κ3) is 1.79. The lowest BCUT2D eigenvalue weighted by molar-refractivity contribution is 0.0814. The molecule has 1 heterocycles. The van der Waals surface area contributed by atoms with E-state index in [9.17, 15) is 9.90 Å². The van der Waals surface area contributed by atoms with Crippen molar-refractivity contribution in [3.63, 3.8) is 0 Å². The van der Waals surface area contributed by atoms with E-state index in [-0.39, 0.29) is 18.8 Å². The molecule has 0 aliphatic heterocycles. The van der Waals surface area contributed by atoms with E-state index in [2.05, 4.69) is 4.98 Å². The number of nitrogens with one attached hydrogen (secondary N) is 1. The molecule has 0 saturated heterocycles. The standard InChI is InChI=1S/C10H12N2O3/c13-6-7(14)5-12-9-4-2-1-3-8(9)11-10(12)15/h1-4,7,13-14H,5-6H2,(H,11,15)/t7-/m0/s1. The van der Waals surface area contributed by atoms with Crippen LogP contribution in [-0.4, -0.2) is 32.5 Å². The molecule has 80 valence electrons. The smallest absolute Gasteiger partial charge is 0.326 e. The Bertz CT molecular complexity index is 515. The third-order valence-electron chi connectivity index (χ3n) is 2.29. The van der Waals surface area contributed by atoms with Crippen LogP contribution in [0.1, 0.15) is 0 Å². The summed E-state index contributed by atoms with van der Waals surface area (Å²) in [4.78, 5) is 14.2. The van der Waals surface area contributed by atoms with E-state index in [0.717, 1.165) is 11.0 Å². The van der Waals surface area contributed by atoms with Gasteiger partial charge < -0.3 is 15.2 Å². The SMILES string of the molecule is O=c1[nH]c2ccccc2n1C[C@H](O)CO. The zero-order valence-corrected chi connectivity index (χ0v) is 8.05. The molecule has 1 aromatic carbocycles. The van der Waals surface area contributed by atoms with Crippen molar-refractivity contribution >= 4 is 11.0 Å². The molecule has 0 spiro atoms. The highest BCUT2D eigenvalue weighted by molar-refractivity contribution is 5.74. The van der Waals surface area contributed by atoms with Gasteiger partial charge in [-0.2, -0.15) is 0 Å². The second-order valence-electron chi connectivity index (χ2n) is 3.39. The fourth-order valence-electron chi connectivity index (χ4n) is 1.56. The zero-order valence-electron chi connectivity index (χ0n) is 8.05. The van der Waals surface area contributed by atoms with Gasteiger partial charge in [0.1, 0.15) is 0 Å². The second-order valence-corrected chi connectivity index (χ2v) is 3.39. The molecule has 1 atom stereocenters. The van der Waals surface area contributed by atoms with Crippen LogP contribution in [0.4, 0.5) is 0 Å². The summed E-state index contributed by atoms with van der Waals surface area (Å²) in [6.45, 7) is -0.259. The molecule has 0 aliphatic carbocycles. The lowest BCUT2D eigenvalue weighted by atomic mass is 10.3. The highest BCUT2D eigenvalue weighted by Crippen LogP contribution is 2.09. The third-order valence-corrected chi connectivity index (χ3v) is 2.29. The summed E-state index contributed by atoms with van der Waals surface area (Å²) in [6.07, 6.45) is -0.915. The van der Waals surface area contributed by atoms with Gasteiger partial charge in [0.2, 0.25) is 0 Å². The van der Waals surface area contributed by atoms with Gasteiger partial charge in [0, 0.05) is 0 Å².